The average Bonchev–Trinajstić information content (AvgIpc) is 2.70. The number of rotatable bonds is 3. The van der Waals surface area contributed by atoms with Crippen LogP contribution in [-0.4, -0.2) is 31.1 Å². The largest absolute Gasteiger partial charge is 1.00 e. The van der Waals surface area contributed by atoms with Gasteiger partial charge in [-0.1, -0.05) is 30.3 Å². The van der Waals surface area contributed by atoms with Gasteiger partial charge >= 0.3 is 35.5 Å². The first kappa shape index (κ1) is 15.2. The quantitative estimate of drug-likeness (QED) is 0.435. The SMILES string of the molecule is COC(=O)C1=C([O-])CN(Cc2ccccc2)C1.[Na+]. The second-order valence-electron chi connectivity index (χ2n) is 4.02. The molecule has 18 heavy (non-hydrogen) atoms. The summed E-state index contributed by atoms with van der Waals surface area (Å²) in [5.74, 6) is -0.640. The van der Waals surface area contributed by atoms with Crippen LogP contribution < -0.4 is 34.7 Å². The maximum atomic E-state index is 11.6. The molecule has 1 aromatic rings. The topological polar surface area (TPSA) is 52.6 Å². The zero-order chi connectivity index (χ0) is 12.3. The molecule has 1 aliphatic rings. The molecule has 0 unspecified atom stereocenters. The van der Waals surface area contributed by atoms with Gasteiger partial charge in [0, 0.05) is 25.2 Å². The normalized spacial score (nSPS) is 15.4. The summed E-state index contributed by atoms with van der Waals surface area (Å²) in [5.41, 5.74) is 1.38. The number of hydrogen-bond donors (Lipinski definition) is 0. The third kappa shape index (κ3) is 3.59. The number of carbonyl (C=O) groups is 1. The summed E-state index contributed by atoms with van der Waals surface area (Å²) in [7, 11) is 1.29. The van der Waals surface area contributed by atoms with Gasteiger partial charge in [0.05, 0.1) is 7.11 Å². The minimum Gasteiger partial charge on any atom is -0.874 e. The van der Waals surface area contributed by atoms with Gasteiger partial charge in [0.1, 0.15) is 0 Å². The Morgan fingerprint density at radius 2 is 2.00 bits per heavy atom. The molecule has 0 radical (unpaired) electrons. The predicted molar refractivity (Wildman–Crippen MR) is 60.8 cm³/mol. The average molecular weight is 255 g/mol. The van der Waals surface area contributed by atoms with Crippen molar-refractivity contribution in [2.24, 2.45) is 0 Å². The van der Waals surface area contributed by atoms with Gasteiger partial charge in [-0.05, 0) is 5.56 Å². The minimum absolute atomic E-state index is 0. The van der Waals surface area contributed by atoms with E-state index in [-0.39, 0.29) is 40.9 Å². The Hall–Kier alpha value is -0.810. The van der Waals surface area contributed by atoms with Gasteiger partial charge in [0.2, 0.25) is 0 Å². The number of ether oxygens (including phenoxy) is 1. The van der Waals surface area contributed by atoms with E-state index in [4.69, 9.17) is 0 Å². The van der Waals surface area contributed by atoms with Crippen molar-refractivity contribution >= 4 is 5.97 Å². The molecule has 4 nitrogen and oxygen atoms in total. The van der Waals surface area contributed by atoms with Crippen molar-refractivity contribution in [2.45, 2.75) is 6.54 Å². The third-order valence-electron chi connectivity index (χ3n) is 2.77. The first-order valence-corrected chi connectivity index (χ1v) is 5.44. The van der Waals surface area contributed by atoms with Crippen LogP contribution in [0.1, 0.15) is 5.56 Å². The summed E-state index contributed by atoms with van der Waals surface area (Å²) < 4.78 is 4.58. The number of hydrogen-bond acceptors (Lipinski definition) is 4. The summed E-state index contributed by atoms with van der Waals surface area (Å²) in [6.45, 7) is 1.34. The molecule has 0 N–H and O–H groups in total. The summed E-state index contributed by atoms with van der Waals surface area (Å²) >= 11 is 0. The number of nitrogens with zero attached hydrogens (tertiary/aromatic N) is 1. The van der Waals surface area contributed by atoms with Crippen LogP contribution in [0.15, 0.2) is 41.7 Å². The van der Waals surface area contributed by atoms with Crippen molar-refractivity contribution in [2.75, 3.05) is 20.2 Å². The fraction of sp³-hybridized carbons (Fsp3) is 0.308. The van der Waals surface area contributed by atoms with E-state index < -0.39 is 5.97 Å². The molecule has 1 heterocycles. The molecule has 90 valence electrons. The van der Waals surface area contributed by atoms with Crippen LogP contribution in [0.2, 0.25) is 0 Å². The van der Waals surface area contributed by atoms with Crippen molar-refractivity contribution in [3.63, 3.8) is 0 Å². The molecule has 0 atom stereocenters. The number of methoxy groups -OCH3 is 1. The molecule has 0 aromatic heterocycles. The van der Waals surface area contributed by atoms with Crippen LogP contribution in [0.25, 0.3) is 0 Å². The fourth-order valence-electron chi connectivity index (χ4n) is 1.92. The molecule has 1 aliphatic heterocycles. The van der Waals surface area contributed by atoms with E-state index >= 15 is 0 Å². The molecule has 1 aromatic carbocycles. The van der Waals surface area contributed by atoms with Crippen LogP contribution in [0.3, 0.4) is 0 Å². The van der Waals surface area contributed by atoms with Gasteiger partial charge in [-0.25, -0.2) is 4.79 Å². The molecule has 0 fully saturated rings. The van der Waals surface area contributed by atoms with E-state index in [1.54, 1.807) is 0 Å². The van der Waals surface area contributed by atoms with Crippen LogP contribution >= 0.6 is 0 Å². The van der Waals surface area contributed by atoms with Crippen LogP contribution in [0.4, 0.5) is 0 Å². The molecule has 0 saturated carbocycles. The van der Waals surface area contributed by atoms with Gasteiger partial charge < -0.3 is 9.84 Å². The van der Waals surface area contributed by atoms with Gasteiger partial charge in [0.25, 0.3) is 0 Å². The van der Waals surface area contributed by atoms with E-state index in [2.05, 4.69) is 4.74 Å². The summed E-state index contributed by atoms with van der Waals surface area (Å²) in [4.78, 5) is 13.3. The fourth-order valence-corrected chi connectivity index (χ4v) is 1.92. The second-order valence-corrected chi connectivity index (χ2v) is 4.02. The number of carbonyl (C=O) groups excluding carboxylic acids is 1. The zero-order valence-electron chi connectivity index (χ0n) is 10.7. The Balaban J connectivity index is 0.00000162. The standard InChI is InChI=1S/C13H15NO3.Na/c1-17-13(16)11-8-14(9-12(11)15)7-10-5-3-2-4-6-10;/h2-6,15H,7-9H2,1H3;/q;+1/p-1. The first-order chi connectivity index (χ1) is 8.20. The molecule has 0 saturated heterocycles. The summed E-state index contributed by atoms with van der Waals surface area (Å²) in [6, 6.07) is 9.86. The Bertz CT molecular complexity index is 445. The van der Waals surface area contributed by atoms with E-state index in [0.29, 0.717) is 19.6 Å². The first-order valence-electron chi connectivity index (χ1n) is 5.44. The van der Waals surface area contributed by atoms with Crippen molar-refractivity contribution < 1.29 is 44.2 Å². The second kappa shape index (κ2) is 6.95. The summed E-state index contributed by atoms with van der Waals surface area (Å²) in [5, 5.41) is 11.6. The van der Waals surface area contributed by atoms with Gasteiger partial charge in [-0.15, -0.1) is 5.76 Å². The molecule has 5 heteroatoms. The Morgan fingerprint density at radius 1 is 1.33 bits per heavy atom. The minimum atomic E-state index is -0.509. The zero-order valence-corrected chi connectivity index (χ0v) is 12.7. The van der Waals surface area contributed by atoms with Crippen molar-refractivity contribution in [1.82, 2.24) is 4.90 Å². The molecule has 0 aliphatic carbocycles. The van der Waals surface area contributed by atoms with Crippen LogP contribution in [0.5, 0.6) is 0 Å². The Morgan fingerprint density at radius 3 is 2.61 bits per heavy atom. The molecule has 0 spiro atoms. The molecule has 2 rings (SSSR count). The van der Waals surface area contributed by atoms with Crippen LogP contribution in [-0.2, 0) is 16.1 Å². The summed E-state index contributed by atoms with van der Waals surface area (Å²) in [6.07, 6.45) is 0. The van der Waals surface area contributed by atoms with E-state index in [9.17, 15) is 9.90 Å². The van der Waals surface area contributed by atoms with Gasteiger partial charge in [0.15, 0.2) is 0 Å². The molecule has 0 bridgehead atoms. The molecule has 0 amide bonds. The van der Waals surface area contributed by atoms with Crippen molar-refractivity contribution in [1.29, 1.82) is 0 Å². The third-order valence-corrected chi connectivity index (χ3v) is 2.77. The van der Waals surface area contributed by atoms with Crippen molar-refractivity contribution in [3.8, 4) is 0 Å². The predicted octanol–water partition coefficient (Wildman–Crippen LogP) is -2.71. The van der Waals surface area contributed by atoms with Crippen LogP contribution in [0, 0.1) is 0 Å². The van der Waals surface area contributed by atoms with Gasteiger partial charge in [-0.2, -0.15) is 0 Å². The number of benzene rings is 1. The molecular formula is C13H14NNaO3. The Kier molecular flexibility index (Phi) is 5.88. The maximum absolute atomic E-state index is 11.6. The molecular weight excluding hydrogens is 241 g/mol. The van der Waals surface area contributed by atoms with Crippen molar-refractivity contribution in [3.05, 3.63) is 47.2 Å². The van der Waals surface area contributed by atoms with Gasteiger partial charge in [-0.3, -0.25) is 4.90 Å². The van der Waals surface area contributed by atoms with E-state index in [1.807, 2.05) is 35.2 Å². The Labute approximate surface area is 129 Å². The van der Waals surface area contributed by atoms with E-state index in [0.717, 1.165) is 5.56 Å². The number of esters is 1. The smallest absolute Gasteiger partial charge is 0.874 e. The monoisotopic (exact) mass is 255 g/mol. The van der Waals surface area contributed by atoms with E-state index in [1.165, 1.54) is 7.11 Å². The maximum Gasteiger partial charge on any atom is 1.00 e.